The van der Waals surface area contributed by atoms with E-state index in [0.717, 1.165) is 32.7 Å². The molecule has 0 amide bonds. The summed E-state index contributed by atoms with van der Waals surface area (Å²) in [7, 11) is 1.14. The third kappa shape index (κ3) is 5.10. The second kappa shape index (κ2) is 8.88. The van der Waals surface area contributed by atoms with E-state index in [0.29, 0.717) is 0 Å². The van der Waals surface area contributed by atoms with E-state index in [4.69, 9.17) is 18.9 Å². The molecule has 1 aliphatic rings. The van der Waals surface area contributed by atoms with Gasteiger partial charge in [0.1, 0.15) is 5.44 Å². The third-order valence-electron chi connectivity index (χ3n) is 3.07. The van der Waals surface area contributed by atoms with Gasteiger partial charge in [-0.15, -0.1) is 11.8 Å². The van der Waals surface area contributed by atoms with E-state index in [-0.39, 0.29) is 0 Å². The zero-order valence-electron chi connectivity index (χ0n) is 14.0. The number of hydrogen-bond donors (Lipinski definition) is 0. The van der Waals surface area contributed by atoms with Gasteiger partial charge in [0.15, 0.2) is 24.4 Å². The van der Waals surface area contributed by atoms with Gasteiger partial charge in [0.05, 0.1) is 7.11 Å². The molecule has 0 aromatic carbocycles. The summed E-state index contributed by atoms with van der Waals surface area (Å²) in [6.07, 6.45) is -3.26. The number of methoxy groups -OCH3 is 1. The lowest BCUT2D eigenvalue weighted by Crippen LogP contribution is -2.62. The van der Waals surface area contributed by atoms with E-state index in [9.17, 15) is 19.2 Å². The summed E-state index contributed by atoms with van der Waals surface area (Å²) in [6, 6.07) is 0. The molecule has 136 valence electrons. The van der Waals surface area contributed by atoms with Crippen molar-refractivity contribution in [3.8, 4) is 0 Å². The quantitative estimate of drug-likeness (QED) is 0.489. The fraction of sp³-hybridized carbons (Fsp3) is 0.714. The molecule has 0 spiro atoms. The van der Waals surface area contributed by atoms with Crippen LogP contribution in [0.2, 0.25) is 0 Å². The highest BCUT2D eigenvalue weighted by molar-refractivity contribution is 7.99. The highest BCUT2D eigenvalue weighted by atomic mass is 32.2. The molecule has 1 fully saturated rings. The number of carbonyl (C=O) groups excluding carboxylic acids is 4. The maximum atomic E-state index is 12.0. The molecule has 9 nitrogen and oxygen atoms in total. The minimum Gasteiger partial charge on any atom is -0.467 e. The first-order chi connectivity index (χ1) is 11.2. The van der Waals surface area contributed by atoms with Gasteiger partial charge >= 0.3 is 23.9 Å². The summed E-state index contributed by atoms with van der Waals surface area (Å²) < 4.78 is 25.7. The van der Waals surface area contributed by atoms with Crippen molar-refractivity contribution in [3.63, 3.8) is 0 Å². The average molecular weight is 364 g/mol. The Morgan fingerprint density at radius 2 is 1.29 bits per heavy atom. The normalized spacial score (nSPS) is 29.3. The molecular formula is C14H20O9S. The van der Waals surface area contributed by atoms with Crippen LogP contribution in [0.15, 0.2) is 0 Å². The van der Waals surface area contributed by atoms with E-state index in [1.54, 1.807) is 6.26 Å². The topological polar surface area (TPSA) is 114 Å². The van der Waals surface area contributed by atoms with Gasteiger partial charge < -0.3 is 23.7 Å². The second-order valence-corrected chi connectivity index (χ2v) is 5.84. The van der Waals surface area contributed by atoms with Crippen LogP contribution in [0, 0.1) is 0 Å². The molecule has 1 rings (SSSR count). The minimum atomic E-state index is -1.33. The Morgan fingerprint density at radius 1 is 0.833 bits per heavy atom. The van der Waals surface area contributed by atoms with Crippen LogP contribution in [0.5, 0.6) is 0 Å². The van der Waals surface area contributed by atoms with Gasteiger partial charge in [0.25, 0.3) is 0 Å². The van der Waals surface area contributed by atoms with Gasteiger partial charge in [0.2, 0.25) is 0 Å². The molecular weight excluding hydrogens is 344 g/mol. The first-order valence-corrected chi connectivity index (χ1v) is 8.27. The number of thioether (sulfide) groups is 1. The molecule has 0 bridgehead atoms. The van der Waals surface area contributed by atoms with Crippen molar-refractivity contribution in [2.45, 2.75) is 50.6 Å². The van der Waals surface area contributed by atoms with Crippen LogP contribution >= 0.6 is 11.8 Å². The fourth-order valence-corrected chi connectivity index (χ4v) is 2.98. The molecule has 24 heavy (non-hydrogen) atoms. The Kier molecular flexibility index (Phi) is 7.49. The molecule has 1 heterocycles. The van der Waals surface area contributed by atoms with Crippen molar-refractivity contribution in [1.82, 2.24) is 0 Å². The highest BCUT2D eigenvalue weighted by Crippen LogP contribution is 2.33. The maximum absolute atomic E-state index is 12.0. The molecule has 5 atom stereocenters. The molecule has 1 aliphatic heterocycles. The monoisotopic (exact) mass is 364 g/mol. The van der Waals surface area contributed by atoms with Crippen LogP contribution in [-0.4, -0.2) is 67.1 Å². The summed E-state index contributed by atoms with van der Waals surface area (Å²) >= 11 is 1.14. The second-order valence-electron chi connectivity index (χ2n) is 4.91. The highest BCUT2D eigenvalue weighted by Gasteiger charge is 2.54. The molecule has 0 saturated carbocycles. The lowest BCUT2D eigenvalue weighted by atomic mass is 9.99. The van der Waals surface area contributed by atoms with Crippen molar-refractivity contribution < 1.29 is 42.9 Å². The molecule has 1 saturated heterocycles. The van der Waals surface area contributed by atoms with Crippen LogP contribution < -0.4 is 0 Å². The zero-order valence-corrected chi connectivity index (χ0v) is 14.8. The van der Waals surface area contributed by atoms with Crippen LogP contribution in [0.25, 0.3) is 0 Å². The first kappa shape index (κ1) is 20.2. The zero-order chi connectivity index (χ0) is 18.4. The van der Waals surface area contributed by atoms with Gasteiger partial charge in [0, 0.05) is 20.8 Å². The number of rotatable bonds is 5. The van der Waals surface area contributed by atoms with Crippen molar-refractivity contribution in [1.29, 1.82) is 0 Å². The first-order valence-electron chi connectivity index (χ1n) is 6.99. The fourth-order valence-electron chi connectivity index (χ4n) is 2.27. The van der Waals surface area contributed by atoms with Crippen LogP contribution in [0.3, 0.4) is 0 Å². The van der Waals surface area contributed by atoms with E-state index < -0.39 is 53.7 Å². The number of carbonyl (C=O) groups is 4. The predicted octanol–water partition coefficient (Wildman–Crippen LogP) is 0.0424. The lowest BCUT2D eigenvalue weighted by Gasteiger charge is -2.42. The van der Waals surface area contributed by atoms with Gasteiger partial charge in [-0.2, -0.15) is 0 Å². The summed E-state index contributed by atoms with van der Waals surface area (Å²) in [6.45, 7) is 3.45. The molecule has 10 heteroatoms. The van der Waals surface area contributed by atoms with Gasteiger partial charge in [-0.25, -0.2) is 4.79 Å². The van der Waals surface area contributed by atoms with Crippen molar-refractivity contribution in [2.75, 3.05) is 13.4 Å². The molecule has 0 radical (unpaired) electrons. The van der Waals surface area contributed by atoms with Gasteiger partial charge in [-0.1, -0.05) is 0 Å². The Balaban J connectivity index is 3.28. The van der Waals surface area contributed by atoms with Crippen LogP contribution in [-0.2, 0) is 42.9 Å². The predicted molar refractivity (Wildman–Crippen MR) is 80.9 cm³/mol. The van der Waals surface area contributed by atoms with Crippen LogP contribution in [0.4, 0.5) is 0 Å². The molecule has 0 aromatic rings. The van der Waals surface area contributed by atoms with Crippen molar-refractivity contribution in [2.24, 2.45) is 0 Å². The maximum Gasteiger partial charge on any atom is 0.339 e. The third-order valence-corrected chi connectivity index (χ3v) is 3.91. The molecule has 0 unspecified atom stereocenters. The number of ether oxygens (including phenoxy) is 5. The molecule has 0 N–H and O–H groups in total. The average Bonchev–Trinajstić information content (AvgIpc) is 2.48. The Labute approximate surface area is 143 Å². The summed E-state index contributed by atoms with van der Waals surface area (Å²) in [4.78, 5) is 46.2. The van der Waals surface area contributed by atoms with E-state index in [2.05, 4.69) is 4.74 Å². The standard InChI is InChI=1S/C14H20O9S/c1-6(15)20-9-10(21-7(2)16)12(22-8(3)17)14(24-5)23-11(9)13(18)19-4/h9-12,14H,1-5H3/t9-,10-,11-,12+,14-/m0/s1. The molecule has 0 aliphatic carbocycles. The summed E-state index contributed by atoms with van der Waals surface area (Å²) in [5, 5.41) is 0. The van der Waals surface area contributed by atoms with E-state index in [1.165, 1.54) is 6.92 Å². The van der Waals surface area contributed by atoms with E-state index in [1.807, 2.05) is 0 Å². The van der Waals surface area contributed by atoms with Gasteiger partial charge in [-0.3, -0.25) is 14.4 Å². The Morgan fingerprint density at radius 3 is 1.71 bits per heavy atom. The number of hydrogen-bond acceptors (Lipinski definition) is 10. The Hall–Kier alpha value is -1.81. The smallest absolute Gasteiger partial charge is 0.339 e. The van der Waals surface area contributed by atoms with E-state index >= 15 is 0 Å². The number of esters is 4. The van der Waals surface area contributed by atoms with Gasteiger partial charge in [-0.05, 0) is 6.26 Å². The SMILES string of the molecule is COC(=O)[C@H]1O[C@@H](SC)[C@H](OC(C)=O)[C@@H](OC(C)=O)[C@@H]1OC(C)=O. The largest absolute Gasteiger partial charge is 0.467 e. The minimum absolute atomic E-state index is 0.641. The molecule has 0 aromatic heterocycles. The Bertz CT molecular complexity index is 506. The van der Waals surface area contributed by atoms with Crippen molar-refractivity contribution >= 4 is 35.6 Å². The van der Waals surface area contributed by atoms with Crippen LogP contribution in [0.1, 0.15) is 20.8 Å². The lowest BCUT2D eigenvalue weighted by molar-refractivity contribution is -0.235. The van der Waals surface area contributed by atoms with Crippen molar-refractivity contribution in [3.05, 3.63) is 0 Å². The summed E-state index contributed by atoms with van der Waals surface area (Å²) in [5.74, 6) is -2.87. The summed E-state index contributed by atoms with van der Waals surface area (Å²) in [5.41, 5.74) is -0.825.